The number of pyridine rings is 1. The van der Waals surface area contributed by atoms with Crippen LogP contribution in [0.4, 0.5) is 0 Å². The molecule has 0 radical (unpaired) electrons. The molecule has 0 N–H and O–H groups in total. The maximum absolute atomic E-state index is 2.45. The molecule has 1 aromatic rings. The lowest BCUT2D eigenvalue weighted by Crippen LogP contribution is -3.00. The van der Waals surface area contributed by atoms with Crippen LogP contribution in [0.2, 0.25) is 0 Å². The zero-order valence-electron chi connectivity index (χ0n) is 13.4. The third kappa shape index (κ3) is 8.58. The lowest BCUT2D eigenvalue weighted by Gasteiger charge is -2.03. The van der Waals surface area contributed by atoms with Gasteiger partial charge in [0.05, 0.1) is 0 Å². The van der Waals surface area contributed by atoms with E-state index in [1.807, 2.05) is 0 Å². The van der Waals surface area contributed by atoms with Crippen LogP contribution in [-0.2, 0) is 13.0 Å². The van der Waals surface area contributed by atoms with Gasteiger partial charge in [-0.05, 0) is 12.8 Å². The Morgan fingerprint density at radius 1 is 0.800 bits per heavy atom. The van der Waals surface area contributed by atoms with Gasteiger partial charge in [0.15, 0.2) is 11.9 Å². The van der Waals surface area contributed by atoms with Crippen molar-refractivity contribution in [3.8, 4) is 0 Å². The van der Waals surface area contributed by atoms with E-state index in [-0.39, 0.29) is 12.4 Å². The topological polar surface area (TPSA) is 3.88 Å². The molecule has 0 aliphatic rings. The Kier molecular flexibility index (Phi) is 13.0. The third-order valence-corrected chi connectivity index (χ3v) is 3.79. The first-order chi connectivity index (χ1) is 9.38. The van der Waals surface area contributed by atoms with Gasteiger partial charge in [0.25, 0.3) is 0 Å². The minimum absolute atomic E-state index is 0. The van der Waals surface area contributed by atoms with E-state index in [0.29, 0.717) is 0 Å². The number of halogens is 1. The van der Waals surface area contributed by atoms with Crippen molar-refractivity contribution >= 4 is 0 Å². The Balaban J connectivity index is 0.00000361. The van der Waals surface area contributed by atoms with Gasteiger partial charge in [-0.1, -0.05) is 58.4 Å². The molecule has 1 nitrogen and oxygen atoms in total. The zero-order chi connectivity index (χ0) is 13.8. The largest absolute Gasteiger partial charge is 1.00 e. The van der Waals surface area contributed by atoms with Crippen LogP contribution in [0.5, 0.6) is 0 Å². The fourth-order valence-electron chi connectivity index (χ4n) is 2.63. The maximum atomic E-state index is 2.45. The first kappa shape index (κ1) is 19.4. The molecule has 0 atom stereocenters. The number of rotatable bonds is 11. The van der Waals surface area contributed by atoms with Crippen molar-refractivity contribution < 1.29 is 17.0 Å². The first-order valence-corrected chi connectivity index (χ1v) is 8.35. The minimum atomic E-state index is 0. The van der Waals surface area contributed by atoms with Gasteiger partial charge < -0.3 is 12.4 Å². The van der Waals surface area contributed by atoms with Crippen LogP contribution in [0.15, 0.2) is 24.4 Å². The molecule has 2 heteroatoms. The van der Waals surface area contributed by atoms with Gasteiger partial charge in [-0.3, -0.25) is 0 Å². The van der Waals surface area contributed by atoms with E-state index < -0.39 is 0 Å². The molecule has 0 saturated heterocycles. The van der Waals surface area contributed by atoms with Crippen molar-refractivity contribution in [2.45, 2.75) is 84.6 Å². The Labute approximate surface area is 132 Å². The van der Waals surface area contributed by atoms with Gasteiger partial charge >= 0.3 is 0 Å². The van der Waals surface area contributed by atoms with Crippen LogP contribution >= 0.6 is 0 Å². The summed E-state index contributed by atoms with van der Waals surface area (Å²) in [5.74, 6) is 0. The first-order valence-electron chi connectivity index (χ1n) is 8.35. The van der Waals surface area contributed by atoms with E-state index in [2.05, 4.69) is 42.8 Å². The quantitative estimate of drug-likeness (QED) is 0.435. The molecule has 116 valence electrons. The number of hydrogen-bond acceptors (Lipinski definition) is 0. The van der Waals surface area contributed by atoms with Crippen LogP contribution in [0, 0.1) is 0 Å². The predicted molar refractivity (Wildman–Crippen MR) is 83.2 cm³/mol. The summed E-state index contributed by atoms with van der Waals surface area (Å²) in [5.41, 5.74) is 1.49. The Hall–Kier alpha value is -0.560. The molecule has 1 aromatic heterocycles. The summed E-state index contributed by atoms with van der Waals surface area (Å²) in [7, 11) is 0. The summed E-state index contributed by atoms with van der Waals surface area (Å²) in [6, 6.07) is 6.59. The van der Waals surface area contributed by atoms with Crippen molar-refractivity contribution in [2.24, 2.45) is 0 Å². The molecule has 0 saturated carbocycles. The molecular weight excluding hydrogens is 266 g/mol. The van der Waals surface area contributed by atoms with E-state index in [9.17, 15) is 0 Å². The molecule has 0 spiro atoms. The molecule has 0 aliphatic heterocycles. The maximum Gasteiger partial charge on any atom is 0.181 e. The Bertz CT molecular complexity index is 325. The summed E-state index contributed by atoms with van der Waals surface area (Å²) in [6.45, 7) is 5.74. The second-order valence-electron chi connectivity index (χ2n) is 5.61. The number of unbranched alkanes of at least 4 members (excludes halogenated alkanes) is 7. The van der Waals surface area contributed by atoms with Crippen LogP contribution < -0.4 is 17.0 Å². The third-order valence-electron chi connectivity index (χ3n) is 3.79. The SMILES string of the molecule is CCCCCCCCCC[n+]1ccccc1CCC.[Cl-]. The molecule has 0 aliphatic carbocycles. The zero-order valence-corrected chi connectivity index (χ0v) is 14.2. The Morgan fingerprint density at radius 2 is 1.45 bits per heavy atom. The van der Waals surface area contributed by atoms with E-state index in [4.69, 9.17) is 0 Å². The minimum Gasteiger partial charge on any atom is -1.00 e. The summed E-state index contributed by atoms with van der Waals surface area (Å²) >= 11 is 0. The van der Waals surface area contributed by atoms with Crippen LogP contribution in [-0.4, -0.2) is 0 Å². The Morgan fingerprint density at radius 3 is 2.10 bits per heavy atom. The van der Waals surface area contributed by atoms with Gasteiger partial charge in [0.1, 0.15) is 6.54 Å². The fourth-order valence-corrected chi connectivity index (χ4v) is 2.63. The van der Waals surface area contributed by atoms with Gasteiger partial charge in [-0.15, -0.1) is 0 Å². The highest BCUT2D eigenvalue weighted by atomic mass is 35.5. The van der Waals surface area contributed by atoms with Gasteiger partial charge in [0.2, 0.25) is 0 Å². The molecule has 1 heterocycles. The van der Waals surface area contributed by atoms with E-state index in [1.54, 1.807) is 0 Å². The average Bonchev–Trinajstić information content (AvgIpc) is 2.44. The number of nitrogens with zero attached hydrogens (tertiary/aromatic N) is 1. The van der Waals surface area contributed by atoms with Crippen molar-refractivity contribution in [3.05, 3.63) is 30.1 Å². The molecular formula is C18H32ClN. The molecule has 0 bridgehead atoms. The molecule has 0 fully saturated rings. The summed E-state index contributed by atoms with van der Waals surface area (Å²) in [6.07, 6.45) is 15.9. The smallest absolute Gasteiger partial charge is 0.181 e. The monoisotopic (exact) mass is 297 g/mol. The highest BCUT2D eigenvalue weighted by molar-refractivity contribution is 4.97. The van der Waals surface area contributed by atoms with E-state index >= 15 is 0 Å². The summed E-state index contributed by atoms with van der Waals surface area (Å²) < 4.78 is 2.45. The molecule has 20 heavy (non-hydrogen) atoms. The second-order valence-corrected chi connectivity index (χ2v) is 5.61. The lowest BCUT2D eigenvalue weighted by atomic mass is 10.1. The van der Waals surface area contributed by atoms with Gasteiger partial charge in [0, 0.05) is 25.0 Å². The molecule has 0 unspecified atom stereocenters. The van der Waals surface area contributed by atoms with Gasteiger partial charge in [-0.2, -0.15) is 0 Å². The van der Waals surface area contributed by atoms with Crippen molar-refractivity contribution in [1.82, 2.24) is 0 Å². The van der Waals surface area contributed by atoms with Crippen molar-refractivity contribution in [1.29, 1.82) is 0 Å². The van der Waals surface area contributed by atoms with Crippen LogP contribution in [0.25, 0.3) is 0 Å². The molecule has 0 amide bonds. The molecule has 1 rings (SSSR count). The van der Waals surface area contributed by atoms with Crippen LogP contribution in [0.1, 0.15) is 77.3 Å². The second kappa shape index (κ2) is 13.4. The van der Waals surface area contributed by atoms with E-state index in [0.717, 1.165) is 0 Å². The van der Waals surface area contributed by atoms with E-state index in [1.165, 1.54) is 76.4 Å². The number of aryl methyl sites for hydroxylation is 2. The number of aromatic nitrogens is 1. The van der Waals surface area contributed by atoms with Gasteiger partial charge in [-0.25, -0.2) is 4.57 Å². The number of hydrogen-bond donors (Lipinski definition) is 0. The summed E-state index contributed by atoms with van der Waals surface area (Å²) in [4.78, 5) is 0. The predicted octanol–water partition coefficient (Wildman–Crippen LogP) is 2.07. The standard InChI is InChI=1S/C18H32N.ClH/c1-3-5-6-7-8-9-10-12-16-19-17-13-11-15-18(19)14-4-2;/h11,13,15,17H,3-10,12,14,16H2,1-2H3;1H/q+1;/p-1. The highest BCUT2D eigenvalue weighted by Crippen LogP contribution is 2.08. The van der Waals surface area contributed by atoms with Crippen molar-refractivity contribution in [3.63, 3.8) is 0 Å². The lowest BCUT2D eigenvalue weighted by molar-refractivity contribution is -0.704. The van der Waals surface area contributed by atoms with Crippen LogP contribution in [0.3, 0.4) is 0 Å². The highest BCUT2D eigenvalue weighted by Gasteiger charge is 2.07. The van der Waals surface area contributed by atoms with Crippen molar-refractivity contribution in [2.75, 3.05) is 0 Å². The normalized spacial score (nSPS) is 10.3. The fraction of sp³-hybridized carbons (Fsp3) is 0.722. The molecule has 0 aromatic carbocycles. The average molecular weight is 298 g/mol. The summed E-state index contributed by atoms with van der Waals surface area (Å²) in [5, 5.41) is 0.